The molecule has 0 aliphatic heterocycles. The van der Waals surface area contributed by atoms with Gasteiger partial charge in [0.15, 0.2) is 0 Å². The molecule has 0 aliphatic rings. The molecule has 0 radical (unpaired) electrons. The van der Waals surface area contributed by atoms with E-state index in [4.69, 9.17) is 5.11 Å². The van der Waals surface area contributed by atoms with Gasteiger partial charge in [0.1, 0.15) is 0 Å². The molecule has 0 heterocycles. The van der Waals surface area contributed by atoms with E-state index in [9.17, 15) is 9.59 Å². The first-order chi connectivity index (χ1) is 9.34. The van der Waals surface area contributed by atoms with Crippen LogP contribution in [0.5, 0.6) is 0 Å². The Morgan fingerprint density at radius 3 is 2.20 bits per heavy atom. The van der Waals surface area contributed by atoms with Gasteiger partial charge in [-0.05, 0) is 25.7 Å². The third-order valence-corrected chi connectivity index (χ3v) is 3.73. The number of hydrogen-bond acceptors (Lipinski definition) is 2. The Morgan fingerprint density at radius 2 is 1.80 bits per heavy atom. The van der Waals surface area contributed by atoms with Crippen LogP contribution in [-0.2, 0) is 4.79 Å². The lowest BCUT2D eigenvalue weighted by atomic mass is 9.96. The third-order valence-electron chi connectivity index (χ3n) is 3.73. The average Bonchev–Trinajstić information content (AvgIpc) is 2.38. The van der Waals surface area contributed by atoms with Gasteiger partial charge >= 0.3 is 12.0 Å². The summed E-state index contributed by atoms with van der Waals surface area (Å²) in [6.45, 7) is 10.8. The highest BCUT2D eigenvalue weighted by Crippen LogP contribution is 2.11. The normalized spacial score (nSPS) is 13.9. The molecule has 0 saturated heterocycles. The summed E-state index contributed by atoms with van der Waals surface area (Å²) in [4.78, 5) is 25.1. The number of hydrogen-bond donors (Lipinski definition) is 2. The van der Waals surface area contributed by atoms with E-state index < -0.39 is 11.9 Å². The van der Waals surface area contributed by atoms with Crippen molar-refractivity contribution in [1.82, 2.24) is 10.2 Å². The van der Waals surface area contributed by atoms with Crippen LogP contribution in [-0.4, -0.2) is 41.1 Å². The molecular formula is C15H30N2O3. The predicted octanol–water partition coefficient (Wildman–Crippen LogP) is 2.95. The van der Waals surface area contributed by atoms with Crippen LogP contribution < -0.4 is 5.32 Å². The van der Waals surface area contributed by atoms with Gasteiger partial charge in [0.05, 0.1) is 5.92 Å². The molecule has 0 aromatic rings. The van der Waals surface area contributed by atoms with Gasteiger partial charge in [-0.25, -0.2) is 4.79 Å². The number of rotatable bonds is 9. The highest BCUT2D eigenvalue weighted by atomic mass is 16.4. The molecule has 2 atom stereocenters. The van der Waals surface area contributed by atoms with Crippen molar-refractivity contribution in [3.8, 4) is 0 Å². The lowest BCUT2D eigenvalue weighted by molar-refractivity contribution is -0.142. The van der Waals surface area contributed by atoms with Crippen molar-refractivity contribution in [3.05, 3.63) is 0 Å². The van der Waals surface area contributed by atoms with E-state index in [0.29, 0.717) is 0 Å². The summed E-state index contributed by atoms with van der Waals surface area (Å²) in [6, 6.07) is 0.0172. The number of amides is 2. The standard InChI is InChI=1S/C15H30N2O3/c1-6-8-9-17(12(5)7-2)15(20)16-10-13(11(3)4)14(18)19/h11-13H,6-10H2,1-5H3,(H,16,20)(H,18,19). The van der Waals surface area contributed by atoms with Crippen LogP contribution in [0.3, 0.4) is 0 Å². The summed E-state index contributed by atoms with van der Waals surface area (Å²) in [7, 11) is 0. The Hall–Kier alpha value is -1.26. The largest absolute Gasteiger partial charge is 0.481 e. The fourth-order valence-electron chi connectivity index (χ4n) is 1.98. The van der Waals surface area contributed by atoms with Crippen molar-refractivity contribution in [2.75, 3.05) is 13.1 Å². The highest BCUT2D eigenvalue weighted by Gasteiger charge is 2.24. The minimum absolute atomic E-state index is 0.000454. The molecule has 0 rings (SSSR count). The Bertz CT molecular complexity index is 305. The first-order valence-electron chi connectivity index (χ1n) is 7.62. The zero-order chi connectivity index (χ0) is 15.7. The topological polar surface area (TPSA) is 69.6 Å². The summed E-state index contributed by atoms with van der Waals surface area (Å²) < 4.78 is 0. The zero-order valence-corrected chi connectivity index (χ0v) is 13.5. The fraction of sp³-hybridized carbons (Fsp3) is 0.867. The maximum absolute atomic E-state index is 12.2. The van der Waals surface area contributed by atoms with E-state index in [1.165, 1.54) is 0 Å². The molecule has 0 aliphatic carbocycles. The molecule has 0 spiro atoms. The van der Waals surface area contributed by atoms with Gasteiger partial charge in [0.25, 0.3) is 0 Å². The van der Waals surface area contributed by atoms with E-state index in [1.807, 2.05) is 32.6 Å². The minimum Gasteiger partial charge on any atom is -0.481 e. The number of urea groups is 1. The number of carboxylic acid groups (broad SMARTS) is 1. The van der Waals surface area contributed by atoms with E-state index >= 15 is 0 Å². The molecule has 0 aromatic heterocycles. The fourth-order valence-corrected chi connectivity index (χ4v) is 1.98. The molecule has 2 unspecified atom stereocenters. The second-order valence-corrected chi connectivity index (χ2v) is 5.68. The molecule has 0 saturated carbocycles. The lowest BCUT2D eigenvalue weighted by Crippen LogP contribution is -2.47. The predicted molar refractivity (Wildman–Crippen MR) is 80.7 cm³/mol. The van der Waals surface area contributed by atoms with Crippen molar-refractivity contribution in [1.29, 1.82) is 0 Å². The first kappa shape index (κ1) is 18.7. The van der Waals surface area contributed by atoms with Gasteiger partial charge in [-0.1, -0.05) is 34.1 Å². The maximum Gasteiger partial charge on any atom is 0.317 e. The third kappa shape index (κ3) is 6.26. The first-order valence-corrected chi connectivity index (χ1v) is 7.62. The van der Waals surface area contributed by atoms with Crippen LogP contribution in [0.2, 0.25) is 0 Å². The maximum atomic E-state index is 12.2. The number of unbranched alkanes of at least 4 members (excludes halogenated alkanes) is 1. The molecule has 5 heteroatoms. The van der Waals surface area contributed by atoms with Gasteiger partial charge in [-0.2, -0.15) is 0 Å². The van der Waals surface area contributed by atoms with Crippen molar-refractivity contribution in [2.24, 2.45) is 11.8 Å². The molecule has 2 N–H and O–H groups in total. The van der Waals surface area contributed by atoms with Crippen LogP contribution in [0.1, 0.15) is 53.9 Å². The SMILES string of the molecule is CCCCN(C(=O)NCC(C(=O)O)C(C)C)C(C)CC. The summed E-state index contributed by atoms with van der Waals surface area (Å²) >= 11 is 0. The Kier molecular flexibility index (Phi) is 9.01. The van der Waals surface area contributed by atoms with Crippen LogP contribution in [0, 0.1) is 11.8 Å². The van der Waals surface area contributed by atoms with Gasteiger partial charge < -0.3 is 15.3 Å². The molecule has 2 amide bonds. The number of carboxylic acids is 1. The van der Waals surface area contributed by atoms with Crippen LogP contribution in [0.25, 0.3) is 0 Å². The molecular weight excluding hydrogens is 256 g/mol. The number of nitrogens with one attached hydrogen (secondary N) is 1. The van der Waals surface area contributed by atoms with E-state index in [-0.39, 0.29) is 24.5 Å². The molecule has 118 valence electrons. The summed E-state index contributed by atoms with van der Waals surface area (Å²) in [5.41, 5.74) is 0. The minimum atomic E-state index is -0.857. The molecule has 0 aromatic carbocycles. The molecule has 0 fully saturated rings. The number of nitrogens with zero attached hydrogens (tertiary/aromatic N) is 1. The molecule has 5 nitrogen and oxygen atoms in total. The van der Waals surface area contributed by atoms with Crippen molar-refractivity contribution in [2.45, 2.75) is 59.9 Å². The van der Waals surface area contributed by atoms with Gasteiger partial charge in [-0.3, -0.25) is 4.79 Å². The Balaban J connectivity index is 4.55. The quantitative estimate of drug-likeness (QED) is 0.684. The van der Waals surface area contributed by atoms with Crippen molar-refractivity contribution < 1.29 is 14.7 Å². The summed E-state index contributed by atoms with van der Waals surface area (Å²) in [6.07, 6.45) is 2.89. The smallest absolute Gasteiger partial charge is 0.317 e. The van der Waals surface area contributed by atoms with Gasteiger partial charge in [0.2, 0.25) is 0 Å². The van der Waals surface area contributed by atoms with E-state index in [2.05, 4.69) is 12.2 Å². The molecule has 20 heavy (non-hydrogen) atoms. The van der Waals surface area contributed by atoms with Gasteiger partial charge in [-0.15, -0.1) is 0 Å². The highest BCUT2D eigenvalue weighted by molar-refractivity contribution is 5.76. The molecule has 0 bridgehead atoms. The second-order valence-electron chi connectivity index (χ2n) is 5.68. The monoisotopic (exact) mass is 286 g/mol. The summed E-state index contributed by atoms with van der Waals surface area (Å²) in [5.74, 6) is -1.40. The average molecular weight is 286 g/mol. The van der Waals surface area contributed by atoms with Gasteiger partial charge in [0, 0.05) is 19.1 Å². The van der Waals surface area contributed by atoms with Crippen molar-refractivity contribution >= 4 is 12.0 Å². The number of carbonyl (C=O) groups is 2. The Labute approximate surface area is 122 Å². The van der Waals surface area contributed by atoms with Crippen LogP contribution in [0.4, 0.5) is 4.79 Å². The van der Waals surface area contributed by atoms with Crippen LogP contribution >= 0.6 is 0 Å². The van der Waals surface area contributed by atoms with E-state index in [0.717, 1.165) is 25.8 Å². The second kappa shape index (κ2) is 9.61. The van der Waals surface area contributed by atoms with Crippen LogP contribution in [0.15, 0.2) is 0 Å². The Morgan fingerprint density at radius 1 is 1.20 bits per heavy atom. The lowest BCUT2D eigenvalue weighted by Gasteiger charge is -2.29. The number of aliphatic carboxylic acids is 1. The van der Waals surface area contributed by atoms with Crippen molar-refractivity contribution in [3.63, 3.8) is 0 Å². The summed E-state index contributed by atoms with van der Waals surface area (Å²) in [5, 5.41) is 11.9. The number of carbonyl (C=O) groups excluding carboxylic acids is 1. The van der Waals surface area contributed by atoms with E-state index in [1.54, 1.807) is 0 Å². The zero-order valence-electron chi connectivity index (χ0n) is 13.5.